The molecule has 1 aromatic rings. The largest absolute Gasteiger partial charge is 0.490 e. The van der Waals surface area contributed by atoms with Crippen molar-refractivity contribution < 1.29 is 9.47 Å². The maximum absolute atomic E-state index is 6.49. The van der Waals surface area contributed by atoms with Gasteiger partial charge in [0.15, 0.2) is 0 Å². The Bertz CT molecular complexity index is 547. The molecule has 2 saturated heterocycles. The summed E-state index contributed by atoms with van der Waals surface area (Å²) in [5, 5.41) is 0. The van der Waals surface area contributed by atoms with E-state index in [1.165, 1.54) is 37.9 Å². The van der Waals surface area contributed by atoms with Gasteiger partial charge >= 0.3 is 0 Å². The normalized spacial score (nSPS) is 25.5. The SMILES string of the molecule is CC(c1ccccc1OC1CCN(C2CCC2)CC1)N1CCOCC1. The van der Waals surface area contributed by atoms with Gasteiger partial charge in [0.2, 0.25) is 0 Å². The summed E-state index contributed by atoms with van der Waals surface area (Å²) in [6, 6.07) is 9.89. The zero-order chi connectivity index (χ0) is 17.1. The van der Waals surface area contributed by atoms with E-state index in [1.807, 2.05) is 0 Å². The summed E-state index contributed by atoms with van der Waals surface area (Å²) >= 11 is 0. The van der Waals surface area contributed by atoms with Crippen LogP contribution in [0.1, 0.15) is 50.6 Å². The van der Waals surface area contributed by atoms with Gasteiger partial charge in [0.1, 0.15) is 11.9 Å². The minimum atomic E-state index is 0.370. The van der Waals surface area contributed by atoms with Crippen LogP contribution in [0.25, 0.3) is 0 Å². The Morgan fingerprint density at radius 3 is 2.40 bits per heavy atom. The highest BCUT2D eigenvalue weighted by molar-refractivity contribution is 5.36. The first-order valence-corrected chi connectivity index (χ1v) is 10.1. The van der Waals surface area contributed by atoms with Gasteiger partial charge in [-0.05, 0) is 38.7 Å². The van der Waals surface area contributed by atoms with E-state index in [0.717, 1.165) is 50.9 Å². The van der Waals surface area contributed by atoms with Gasteiger partial charge in [0.05, 0.1) is 13.2 Å². The molecule has 0 radical (unpaired) electrons. The van der Waals surface area contributed by atoms with Crippen molar-refractivity contribution in [2.45, 2.75) is 57.2 Å². The topological polar surface area (TPSA) is 24.9 Å². The highest BCUT2D eigenvalue weighted by Gasteiger charge is 2.30. The van der Waals surface area contributed by atoms with Gasteiger partial charge in [-0.2, -0.15) is 0 Å². The first kappa shape index (κ1) is 17.3. The molecule has 3 aliphatic rings. The van der Waals surface area contributed by atoms with Gasteiger partial charge in [-0.3, -0.25) is 4.90 Å². The van der Waals surface area contributed by atoms with E-state index in [9.17, 15) is 0 Å². The Morgan fingerprint density at radius 1 is 1.00 bits per heavy atom. The third kappa shape index (κ3) is 4.02. The molecule has 0 N–H and O–H groups in total. The van der Waals surface area contributed by atoms with Crippen molar-refractivity contribution >= 4 is 0 Å². The Kier molecular flexibility index (Phi) is 5.59. The predicted octanol–water partition coefficient (Wildman–Crippen LogP) is 3.48. The molecule has 1 atom stereocenters. The number of para-hydroxylation sites is 1. The molecule has 4 rings (SSSR count). The average Bonchev–Trinajstić information content (AvgIpc) is 2.62. The van der Waals surface area contributed by atoms with Crippen LogP contribution >= 0.6 is 0 Å². The average molecular weight is 344 g/mol. The van der Waals surface area contributed by atoms with E-state index < -0.39 is 0 Å². The van der Waals surface area contributed by atoms with E-state index in [1.54, 1.807) is 0 Å². The quantitative estimate of drug-likeness (QED) is 0.816. The Balaban J connectivity index is 1.37. The summed E-state index contributed by atoms with van der Waals surface area (Å²) in [5.41, 5.74) is 1.32. The third-order valence-corrected chi connectivity index (χ3v) is 6.32. The lowest BCUT2D eigenvalue weighted by molar-refractivity contribution is 0.0180. The van der Waals surface area contributed by atoms with E-state index in [4.69, 9.17) is 9.47 Å². The molecule has 1 saturated carbocycles. The molecule has 3 fully saturated rings. The lowest BCUT2D eigenvalue weighted by Crippen LogP contribution is -2.46. The Morgan fingerprint density at radius 2 is 1.72 bits per heavy atom. The fourth-order valence-corrected chi connectivity index (χ4v) is 4.38. The molecule has 0 spiro atoms. The molecule has 1 unspecified atom stereocenters. The molecule has 2 aliphatic heterocycles. The maximum atomic E-state index is 6.49. The van der Waals surface area contributed by atoms with Gasteiger partial charge in [0, 0.05) is 43.8 Å². The van der Waals surface area contributed by atoms with Gasteiger partial charge in [0.25, 0.3) is 0 Å². The number of benzene rings is 1. The second kappa shape index (κ2) is 8.07. The van der Waals surface area contributed by atoms with E-state index in [0.29, 0.717) is 12.1 Å². The number of hydrogen-bond acceptors (Lipinski definition) is 4. The van der Waals surface area contributed by atoms with Crippen LogP contribution in [0.5, 0.6) is 5.75 Å². The lowest BCUT2D eigenvalue weighted by atomic mass is 9.89. The second-order valence-electron chi connectivity index (χ2n) is 7.80. The smallest absolute Gasteiger partial charge is 0.124 e. The highest BCUT2D eigenvalue weighted by atomic mass is 16.5. The molecule has 138 valence electrons. The van der Waals surface area contributed by atoms with E-state index in [-0.39, 0.29) is 0 Å². The van der Waals surface area contributed by atoms with Gasteiger partial charge in [-0.1, -0.05) is 24.6 Å². The van der Waals surface area contributed by atoms with E-state index >= 15 is 0 Å². The molecule has 1 aromatic carbocycles. The molecule has 0 bridgehead atoms. The molecule has 4 nitrogen and oxygen atoms in total. The molecule has 25 heavy (non-hydrogen) atoms. The van der Waals surface area contributed by atoms with Gasteiger partial charge in [-0.25, -0.2) is 0 Å². The van der Waals surface area contributed by atoms with Crippen molar-refractivity contribution in [2.75, 3.05) is 39.4 Å². The van der Waals surface area contributed by atoms with Crippen molar-refractivity contribution in [2.24, 2.45) is 0 Å². The lowest BCUT2D eigenvalue weighted by Gasteiger charge is -2.42. The highest BCUT2D eigenvalue weighted by Crippen LogP contribution is 2.33. The number of ether oxygens (including phenoxy) is 2. The van der Waals surface area contributed by atoms with Crippen molar-refractivity contribution in [3.05, 3.63) is 29.8 Å². The molecular formula is C21H32N2O2. The van der Waals surface area contributed by atoms with Crippen LogP contribution in [0, 0.1) is 0 Å². The van der Waals surface area contributed by atoms with E-state index in [2.05, 4.69) is 41.0 Å². The minimum absolute atomic E-state index is 0.370. The monoisotopic (exact) mass is 344 g/mol. The summed E-state index contributed by atoms with van der Waals surface area (Å²) in [4.78, 5) is 5.19. The molecule has 1 aliphatic carbocycles. The predicted molar refractivity (Wildman–Crippen MR) is 100 cm³/mol. The number of piperidine rings is 1. The summed E-state index contributed by atoms with van der Waals surface area (Å²) in [6.07, 6.45) is 6.94. The third-order valence-electron chi connectivity index (χ3n) is 6.32. The van der Waals surface area contributed by atoms with Crippen molar-refractivity contribution in [1.82, 2.24) is 9.80 Å². The first-order valence-electron chi connectivity index (χ1n) is 10.1. The van der Waals surface area contributed by atoms with Gasteiger partial charge < -0.3 is 14.4 Å². The number of hydrogen-bond donors (Lipinski definition) is 0. The fraction of sp³-hybridized carbons (Fsp3) is 0.714. The molecule has 2 heterocycles. The number of rotatable bonds is 5. The molecular weight excluding hydrogens is 312 g/mol. The number of likely N-dealkylation sites (tertiary alicyclic amines) is 1. The summed E-state index contributed by atoms with van der Waals surface area (Å²) in [7, 11) is 0. The fourth-order valence-electron chi connectivity index (χ4n) is 4.38. The van der Waals surface area contributed by atoms with Crippen LogP contribution < -0.4 is 4.74 Å². The van der Waals surface area contributed by atoms with Crippen LogP contribution in [0.2, 0.25) is 0 Å². The Hall–Kier alpha value is -1.10. The summed E-state index contributed by atoms with van der Waals surface area (Å²) in [5.74, 6) is 1.09. The first-order chi connectivity index (χ1) is 12.3. The molecule has 0 amide bonds. The van der Waals surface area contributed by atoms with Crippen LogP contribution in [0.3, 0.4) is 0 Å². The number of morpholine rings is 1. The minimum Gasteiger partial charge on any atom is -0.490 e. The Labute approximate surface area is 152 Å². The summed E-state index contributed by atoms with van der Waals surface area (Å²) < 4.78 is 12.0. The van der Waals surface area contributed by atoms with Crippen LogP contribution in [0.15, 0.2) is 24.3 Å². The zero-order valence-corrected chi connectivity index (χ0v) is 15.5. The van der Waals surface area contributed by atoms with Crippen molar-refractivity contribution in [3.63, 3.8) is 0 Å². The maximum Gasteiger partial charge on any atom is 0.124 e. The van der Waals surface area contributed by atoms with Crippen LogP contribution in [-0.4, -0.2) is 61.3 Å². The number of nitrogens with zero attached hydrogens (tertiary/aromatic N) is 2. The van der Waals surface area contributed by atoms with Crippen molar-refractivity contribution in [3.8, 4) is 5.75 Å². The second-order valence-corrected chi connectivity index (χ2v) is 7.80. The molecule has 4 heteroatoms. The zero-order valence-electron chi connectivity index (χ0n) is 15.5. The van der Waals surface area contributed by atoms with Crippen molar-refractivity contribution in [1.29, 1.82) is 0 Å². The standard InChI is InChI=1S/C21H32N2O2/c1-17(22-13-15-24-16-14-22)20-7-2-3-8-21(20)25-19-9-11-23(12-10-19)18-5-4-6-18/h2-3,7-8,17-19H,4-6,9-16H2,1H3. The summed E-state index contributed by atoms with van der Waals surface area (Å²) in [6.45, 7) is 8.41. The van der Waals surface area contributed by atoms with Crippen LogP contribution in [-0.2, 0) is 4.74 Å². The molecule has 0 aromatic heterocycles. The van der Waals surface area contributed by atoms with Crippen LogP contribution in [0.4, 0.5) is 0 Å². The van der Waals surface area contributed by atoms with Gasteiger partial charge in [-0.15, -0.1) is 0 Å².